The summed E-state index contributed by atoms with van der Waals surface area (Å²) in [6.07, 6.45) is 0. The van der Waals surface area contributed by atoms with E-state index in [0.717, 1.165) is 0 Å². The Hall–Kier alpha value is -0.530. The van der Waals surface area contributed by atoms with Crippen LogP contribution in [0.1, 0.15) is 69.2 Å². The van der Waals surface area contributed by atoms with E-state index in [9.17, 15) is 4.79 Å². The van der Waals surface area contributed by atoms with Gasteiger partial charge >= 0.3 is 0 Å². The first-order valence-corrected chi connectivity index (χ1v) is 6.86. The van der Waals surface area contributed by atoms with Crippen LogP contribution in [0.4, 0.5) is 0 Å². The Labute approximate surface area is 114 Å². The number of carbonyl (C=O) groups is 1. The van der Waals surface area contributed by atoms with Gasteiger partial charge in [0.25, 0.3) is 0 Å². The molecule has 0 aliphatic carbocycles. The van der Waals surface area contributed by atoms with Crippen molar-refractivity contribution in [1.29, 1.82) is 0 Å². The average molecular weight is 255 g/mol. The normalized spacial score (nSPS) is 15.1. The summed E-state index contributed by atoms with van der Waals surface area (Å²) < 4.78 is 0. The van der Waals surface area contributed by atoms with Crippen molar-refractivity contribution in [3.8, 4) is 0 Å². The van der Waals surface area contributed by atoms with Gasteiger partial charge in [-0.15, -0.1) is 0 Å². The number of amides is 1. The largest absolute Gasteiger partial charge is 0.369 e. The highest BCUT2D eigenvalue weighted by Crippen LogP contribution is 2.56. The van der Waals surface area contributed by atoms with Crippen LogP contribution in [0.25, 0.3) is 0 Å². The maximum Gasteiger partial charge on any atom is 0.221 e. The van der Waals surface area contributed by atoms with Crippen molar-refractivity contribution in [2.45, 2.75) is 69.2 Å². The molecule has 0 unspecified atom stereocenters. The summed E-state index contributed by atoms with van der Waals surface area (Å²) in [5.41, 5.74) is 5.50. The number of hydrogen-bond acceptors (Lipinski definition) is 1. The van der Waals surface area contributed by atoms with Gasteiger partial charge in [0.15, 0.2) is 0 Å². The Morgan fingerprint density at radius 1 is 0.722 bits per heavy atom. The van der Waals surface area contributed by atoms with Gasteiger partial charge in [0.1, 0.15) is 0 Å². The molecule has 18 heavy (non-hydrogen) atoms. The molecule has 0 rings (SSSR count). The third kappa shape index (κ3) is 2.89. The molecule has 2 nitrogen and oxygen atoms in total. The van der Waals surface area contributed by atoms with Crippen LogP contribution in [0.3, 0.4) is 0 Å². The zero-order valence-electron chi connectivity index (χ0n) is 14.1. The second-order valence-corrected chi connectivity index (χ2v) is 8.78. The SMILES string of the molecule is CC(C)(C)C(C)(C)C(C(N)=O)C(C)(C)C(C)(C)C. The molecular weight excluding hydrogens is 222 g/mol. The van der Waals surface area contributed by atoms with E-state index < -0.39 is 0 Å². The van der Waals surface area contributed by atoms with Crippen LogP contribution in [0.2, 0.25) is 0 Å². The van der Waals surface area contributed by atoms with E-state index in [0.29, 0.717) is 0 Å². The Balaban J connectivity index is 5.85. The Kier molecular flexibility index (Phi) is 4.40. The quantitative estimate of drug-likeness (QED) is 0.805. The standard InChI is InChI=1S/C16H33NO/c1-13(2,3)15(7,8)11(12(17)18)16(9,10)14(4,5)6/h11H,1-10H3,(H2,17,18). The summed E-state index contributed by atoms with van der Waals surface area (Å²) >= 11 is 0. The summed E-state index contributed by atoms with van der Waals surface area (Å²) in [6, 6.07) is 0. The molecule has 0 heterocycles. The molecule has 0 spiro atoms. The van der Waals surface area contributed by atoms with Crippen LogP contribution in [0, 0.1) is 27.6 Å². The molecule has 0 saturated heterocycles. The number of nitrogens with two attached hydrogens (primary N) is 1. The molecule has 0 aromatic heterocycles. The summed E-state index contributed by atoms with van der Waals surface area (Å²) in [5.74, 6) is -0.347. The molecule has 2 heteroatoms. The second-order valence-electron chi connectivity index (χ2n) is 8.78. The maximum atomic E-state index is 12.1. The van der Waals surface area contributed by atoms with Gasteiger partial charge in [0.05, 0.1) is 0 Å². The predicted octanol–water partition coefficient (Wildman–Crippen LogP) is 4.23. The fourth-order valence-corrected chi connectivity index (χ4v) is 2.48. The second kappa shape index (κ2) is 4.54. The summed E-state index contributed by atoms with van der Waals surface area (Å²) in [4.78, 5) is 12.1. The third-order valence-electron chi connectivity index (χ3n) is 5.59. The van der Waals surface area contributed by atoms with E-state index >= 15 is 0 Å². The van der Waals surface area contributed by atoms with Gasteiger partial charge in [-0.3, -0.25) is 4.79 Å². The molecule has 2 N–H and O–H groups in total. The van der Waals surface area contributed by atoms with Crippen molar-refractivity contribution in [2.75, 3.05) is 0 Å². The van der Waals surface area contributed by atoms with Gasteiger partial charge in [-0.25, -0.2) is 0 Å². The van der Waals surface area contributed by atoms with Gasteiger partial charge in [-0.2, -0.15) is 0 Å². The van der Waals surface area contributed by atoms with Crippen molar-refractivity contribution < 1.29 is 4.79 Å². The van der Waals surface area contributed by atoms with Gasteiger partial charge < -0.3 is 5.73 Å². The molecule has 0 aliphatic rings. The van der Waals surface area contributed by atoms with Crippen LogP contribution in [-0.2, 0) is 4.79 Å². The zero-order valence-corrected chi connectivity index (χ0v) is 14.1. The van der Waals surface area contributed by atoms with Gasteiger partial charge in [0.2, 0.25) is 5.91 Å². The summed E-state index contributed by atoms with van der Waals surface area (Å²) in [7, 11) is 0. The van der Waals surface area contributed by atoms with Crippen molar-refractivity contribution in [3.05, 3.63) is 0 Å². The summed E-state index contributed by atoms with van der Waals surface area (Å²) in [5, 5.41) is 0. The molecule has 0 atom stereocenters. The van der Waals surface area contributed by atoms with Gasteiger partial charge in [0, 0.05) is 5.92 Å². The topological polar surface area (TPSA) is 43.1 Å². The Morgan fingerprint density at radius 2 is 0.944 bits per heavy atom. The van der Waals surface area contributed by atoms with Crippen LogP contribution in [-0.4, -0.2) is 5.91 Å². The molecular formula is C16H33NO. The lowest BCUT2D eigenvalue weighted by atomic mass is 9.50. The fourth-order valence-electron chi connectivity index (χ4n) is 2.48. The zero-order chi connectivity index (χ0) is 15.2. The highest BCUT2D eigenvalue weighted by Gasteiger charge is 2.53. The van der Waals surface area contributed by atoms with Crippen molar-refractivity contribution in [1.82, 2.24) is 0 Å². The van der Waals surface area contributed by atoms with E-state index in [1.165, 1.54) is 0 Å². The highest BCUT2D eigenvalue weighted by atomic mass is 16.1. The molecule has 0 aromatic rings. The molecule has 0 bridgehead atoms. The molecule has 0 radical (unpaired) electrons. The summed E-state index contributed by atoms with van der Waals surface area (Å²) in [6.45, 7) is 21.7. The van der Waals surface area contributed by atoms with Crippen LogP contribution in [0.15, 0.2) is 0 Å². The predicted molar refractivity (Wildman–Crippen MR) is 79.2 cm³/mol. The van der Waals surface area contributed by atoms with Crippen molar-refractivity contribution >= 4 is 5.91 Å². The van der Waals surface area contributed by atoms with Crippen molar-refractivity contribution in [2.24, 2.45) is 33.3 Å². The maximum absolute atomic E-state index is 12.1. The average Bonchev–Trinajstić information content (AvgIpc) is 1.96. The van der Waals surface area contributed by atoms with Crippen LogP contribution >= 0.6 is 0 Å². The molecule has 0 saturated carbocycles. The monoisotopic (exact) mass is 255 g/mol. The molecule has 1 amide bonds. The minimum absolute atomic E-state index is 0.0230. The molecule has 0 fully saturated rings. The number of rotatable bonds is 3. The first kappa shape index (κ1) is 17.5. The van der Waals surface area contributed by atoms with E-state index in [1.54, 1.807) is 0 Å². The lowest BCUT2D eigenvalue weighted by molar-refractivity contribution is -0.143. The number of hydrogen-bond donors (Lipinski definition) is 1. The van der Waals surface area contributed by atoms with E-state index in [1.807, 2.05) is 0 Å². The third-order valence-corrected chi connectivity index (χ3v) is 5.59. The van der Waals surface area contributed by atoms with Crippen LogP contribution in [0.5, 0.6) is 0 Å². The molecule has 0 aromatic carbocycles. The van der Waals surface area contributed by atoms with E-state index in [4.69, 9.17) is 5.73 Å². The highest BCUT2D eigenvalue weighted by molar-refractivity contribution is 5.78. The smallest absolute Gasteiger partial charge is 0.221 e. The number of carbonyl (C=O) groups excluding carboxylic acids is 1. The lowest BCUT2D eigenvalue weighted by Crippen LogP contribution is -2.54. The minimum atomic E-state index is -0.185. The Bertz CT molecular complexity index is 287. The molecule has 0 aliphatic heterocycles. The minimum Gasteiger partial charge on any atom is -0.369 e. The Morgan fingerprint density at radius 3 is 1.06 bits per heavy atom. The lowest BCUT2D eigenvalue weighted by Gasteiger charge is -2.54. The number of primary amides is 1. The van der Waals surface area contributed by atoms with E-state index in [2.05, 4.69) is 69.2 Å². The first-order valence-electron chi connectivity index (χ1n) is 6.86. The van der Waals surface area contributed by atoms with E-state index in [-0.39, 0.29) is 33.5 Å². The fraction of sp³-hybridized carbons (Fsp3) is 0.938. The first-order chi connectivity index (χ1) is 7.57. The van der Waals surface area contributed by atoms with Gasteiger partial charge in [-0.05, 0) is 21.7 Å². The van der Waals surface area contributed by atoms with Gasteiger partial charge in [-0.1, -0.05) is 69.2 Å². The van der Waals surface area contributed by atoms with Crippen LogP contribution < -0.4 is 5.73 Å². The molecule has 108 valence electrons. The van der Waals surface area contributed by atoms with Crippen molar-refractivity contribution in [3.63, 3.8) is 0 Å².